The van der Waals surface area contributed by atoms with E-state index >= 15 is 0 Å². The number of methoxy groups -OCH3 is 1. The van der Waals surface area contributed by atoms with Gasteiger partial charge in [-0.3, -0.25) is 10.1 Å². The van der Waals surface area contributed by atoms with Gasteiger partial charge in [0.15, 0.2) is 0 Å². The van der Waals surface area contributed by atoms with Gasteiger partial charge < -0.3 is 15.2 Å². The Hall–Kier alpha value is -1.66. The summed E-state index contributed by atoms with van der Waals surface area (Å²) in [5.74, 6) is 0. The molecule has 0 saturated carbocycles. The number of nitrogens with zero attached hydrogens (tertiary/aromatic N) is 1. The molecule has 0 aliphatic heterocycles. The molecule has 0 saturated heterocycles. The number of ether oxygens (including phenoxy) is 1. The van der Waals surface area contributed by atoms with Crippen LogP contribution in [0.3, 0.4) is 0 Å². The largest absolute Gasteiger partial charge is 0.396 e. The minimum absolute atomic E-state index is 0.0367. The summed E-state index contributed by atoms with van der Waals surface area (Å²) < 4.78 is 5.02. The summed E-state index contributed by atoms with van der Waals surface area (Å²) in [6.07, 6.45) is 0.523. The van der Waals surface area contributed by atoms with Crippen LogP contribution >= 0.6 is 0 Å². The number of benzene rings is 1. The smallest absolute Gasteiger partial charge is 0.274 e. The Labute approximate surface area is 106 Å². The van der Waals surface area contributed by atoms with Crippen molar-refractivity contribution in [3.63, 3.8) is 0 Å². The van der Waals surface area contributed by atoms with Crippen LogP contribution in [0, 0.1) is 17.0 Å². The van der Waals surface area contributed by atoms with Crippen molar-refractivity contribution in [2.24, 2.45) is 0 Å². The SMILES string of the molecule is COCC(CCO)Nc1ccc(C)c([N+](=O)[O-])c1. The standard InChI is InChI=1S/C12H18N2O4/c1-9-3-4-10(7-12(9)14(16)17)13-11(5-6-15)8-18-2/h3-4,7,11,13,15H,5-6,8H2,1-2H3. The average Bonchev–Trinajstić information content (AvgIpc) is 2.32. The van der Waals surface area contributed by atoms with Gasteiger partial charge in [-0.25, -0.2) is 0 Å². The van der Waals surface area contributed by atoms with Crippen LogP contribution in [0.5, 0.6) is 0 Å². The minimum Gasteiger partial charge on any atom is -0.396 e. The molecule has 1 unspecified atom stereocenters. The molecule has 0 bridgehead atoms. The van der Waals surface area contributed by atoms with Gasteiger partial charge in [0.05, 0.1) is 17.6 Å². The Morgan fingerprint density at radius 2 is 2.28 bits per heavy atom. The lowest BCUT2D eigenvalue weighted by molar-refractivity contribution is -0.385. The van der Waals surface area contributed by atoms with E-state index in [9.17, 15) is 10.1 Å². The summed E-state index contributed by atoms with van der Waals surface area (Å²) in [7, 11) is 1.57. The maximum atomic E-state index is 10.8. The summed E-state index contributed by atoms with van der Waals surface area (Å²) in [4.78, 5) is 10.4. The zero-order valence-corrected chi connectivity index (χ0v) is 10.5. The Morgan fingerprint density at radius 1 is 1.56 bits per heavy atom. The molecule has 0 aromatic heterocycles. The fourth-order valence-corrected chi connectivity index (χ4v) is 1.69. The lowest BCUT2D eigenvalue weighted by Crippen LogP contribution is -2.26. The maximum Gasteiger partial charge on any atom is 0.274 e. The summed E-state index contributed by atoms with van der Waals surface area (Å²) in [5.41, 5.74) is 1.36. The van der Waals surface area contributed by atoms with Crippen molar-refractivity contribution in [2.45, 2.75) is 19.4 Å². The molecular weight excluding hydrogens is 236 g/mol. The van der Waals surface area contributed by atoms with Gasteiger partial charge in [-0.2, -0.15) is 0 Å². The molecule has 2 N–H and O–H groups in total. The molecule has 18 heavy (non-hydrogen) atoms. The Morgan fingerprint density at radius 3 is 2.83 bits per heavy atom. The van der Waals surface area contributed by atoms with E-state index in [1.807, 2.05) is 0 Å². The van der Waals surface area contributed by atoms with Crippen LogP contribution in [-0.4, -0.2) is 36.4 Å². The van der Waals surface area contributed by atoms with Crippen molar-refractivity contribution in [3.05, 3.63) is 33.9 Å². The molecule has 0 fully saturated rings. The van der Waals surface area contributed by atoms with Crippen molar-refractivity contribution in [1.82, 2.24) is 0 Å². The third-order valence-electron chi connectivity index (χ3n) is 2.62. The normalized spacial score (nSPS) is 12.2. The molecule has 0 amide bonds. The number of hydrogen-bond acceptors (Lipinski definition) is 5. The summed E-state index contributed by atoms with van der Waals surface area (Å²) in [6, 6.07) is 4.91. The van der Waals surface area contributed by atoms with Gasteiger partial charge in [-0.1, -0.05) is 6.07 Å². The zero-order valence-electron chi connectivity index (χ0n) is 10.5. The molecule has 0 radical (unpaired) electrons. The maximum absolute atomic E-state index is 10.8. The molecule has 1 atom stereocenters. The van der Waals surface area contributed by atoms with Crippen LogP contribution in [0.15, 0.2) is 18.2 Å². The van der Waals surface area contributed by atoms with Crippen LogP contribution in [0.4, 0.5) is 11.4 Å². The third kappa shape index (κ3) is 3.97. The topological polar surface area (TPSA) is 84.6 Å². The lowest BCUT2D eigenvalue weighted by Gasteiger charge is -2.18. The van der Waals surface area contributed by atoms with Gasteiger partial charge in [-0.05, 0) is 19.4 Å². The van der Waals surface area contributed by atoms with Crippen molar-refractivity contribution in [2.75, 3.05) is 25.6 Å². The molecule has 100 valence electrons. The molecule has 1 rings (SSSR count). The van der Waals surface area contributed by atoms with E-state index in [1.54, 1.807) is 26.2 Å². The Bertz CT molecular complexity index is 403. The van der Waals surface area contributed by atoms with Crippen LogP contribution in [0.2, 0.25) is 0 Å². The van der Waals surface area contributed by atoms with Gasteiger partial charge >= 0.3 is 0 Å². The monoisotopic (exact) mass is 254 g/mol. The van der Waals surface area contributed by atoms with Crippen molar-refractivity contribution in [1.29, 1.82) is 0 Å². The number of nitro groups is 1. The van der Waals surface area contributed by atoms with Crippen LogP contribution < -0.4 is 5.32 Å². The quantitative estimate of drug-likeness (QED) is 0.571. The van der Waals surface area contributed by atoms with E-state index in [4.69, 9.17) is 9.84 Å². The first-order chi connectivity index (χ1) is 8.58. The highest BCUT2D eigenvalue weighted by Gasteiger charge is 2.13. The molecule has 1 aromatic rings. The third-order valence-corrected chi connectivity index (χ3v) is 2.62. The summed E-state index contributed by atoms with van der Waals surface area (Å²) in [6.45, 7) is 2.17. The first-order valence-electron chi connectivity index (χ1n) is 5.70. The Kier molecular flexibility index (Phi) is 5.54. The van der Waals surface area contributed by atoms with Gasteiger partial charge in [0, 0.05) is 31.0 Å². The van der Waals surface area contributed by atoms with E-state index in [-0.39, 0.29) is 18.3 Å². The number of hydrogen-bond donors (Lipinski definition) is 2. The number of aliphatic hydroxyl groups is 1. The van der Waals surface area contributed by atoms with E-state index in [1.165, 1.54) is 6.07 Å². The minimum atomic E-state index is -0.405. The number of anilines is 1. The van der Waals surface area contributed by atoms with Crippen molar-refractivity contribution < 1.29 is 14.8 Å². The first-order valence-corrected chi connectivity index (χ1v) is 5.70. The first kappa shape index (κ1) is 14.4. The molecule has 1 aromatic carbocycles. The van der Waals surface area contributed by atoms with Crippen LogP contribution in [0.1, 0.15) is 12.0 Å². The fourth-order valence-electron chi connectivity index (χ4n) is 1.69. The second kappa shape index (κ2) is 6.93. The number of aliphatic hydroxyl groups excluding tert-OH is 1. The fraction of sp³-hybridized carbons (Fsp3) is 0.500. The molecule has 6 nitrogen and oxygen atoms in total. The molecule has 0 aliphatic carbocycles. The number of aryl methyl sites for hydroxylation is 1. The summed E-state index contributed by atoms with van der Waals surface area (Å²) in [5, 5.41) is 22.9. The Balaban J connectivity index is 2.82. The number of nitro benzene ring substituents is 1. The molecular formula is C12H18N2O4. The molecule has 0 spiro atoms. The van der Waals surface area contributed by atoms with Gasteiger partial charge in [0.25, 0.3) is 5.69 Å². The molecule has 6 heteroatoms. The second-order valence-electron chi connectivity index (χ2n) is 4.07. The number of rotatable bonds is 7. The van der Waals surface area contributed by atoms with Crippen molar-refractivity contribution >= 4 is 11.4 Å². The highest BCUT2D eigenvalue weighted by molar-refractivity contribution is 5.55. The predicted octanol–water partition coefficient (Wildman–Crippen LogP) is 1.71. The van der Waals surface area contributed by atoms with E-state index in [2.05, 4.69) is 5.32 Å². The zero-order chi connectivity index (χ0) is 13.5. The predicted molar refractivity (Wildman–Crippen MR) is 68.8 cm³/mol. The van der Waals surface area contributed by atoms with Crippen molar-refractivity contribution in [3.8, 4) is 0 Å². The lowest BCUT2D eigenvalue weighted by atomic mass is 10.1. The highest BCUT2D eigenvalue weighted by Crippen LogP contribution is 2.23. The average molecular weight is 254 g/mol. The second-order valence-corrected chi connectivity index (χ2v) is 4.07. The summed E-state index contributed by atoms with van der Waals surface area (Å²) >= 11 is 0. The van der Waals surface area contributed by atoms with E-state index in [0.29, 0.717) is 24.3 Å². The molecule has 0 heterocycles. The van der Waals surface area contributed by atoms with Crippen LogP contribution in [0.25, 0.3) is 0 Å². The van der Waals surface area contributed by atoms with Crippen LogP contribution in [-0.2, 0) is 4.74 Å². The van der Waals surface area contributed by atoms with Gasteiger partial charge in [-0.15, -0.1) is 0 Å². The molecule has 0 aliphatic rings. The van der Waals surface area contributed by atoms with Gasteiger partial charge in [0.1, 0.15) is 0 Å². The van der Waals surface area contributed by atoms with E-state index < -0.39 is 4.92 Å². The highest BCUT2D eigenvalue weighted by atomic mass is 16.6. The number of nitrogens with one attached hydrogen (secondary N) is 1. The van der Waals surface area contributed by atoms with E-state index in [0.717, 1.165) is 0 Å². The van der Waals surface area contributed by atoms with Gasteiger partial charge in [0.2, 0.25) is 0 Å².